The number of hydrogen-bond donors (Lipinski definition) is 1. The molecule has 1 N–H and O–H groups in total. The summed E-state index contributed by atoms with van der Waals surface area (Å²) in [6.07, 6.45) is -2.26. The maximum Gasteiger partial charge on any atom is 0.419 e. The van der Waals surface area contributed by atoms with Gasteiger partial charge < -0.3 is 9.64 Å². The molecule has 2 aromatic rings. The van der Waals surface area contributed by atoms with Crippen LogP contribution in [0.1, 0.15) is 28.8 Å². The van der Waals surface area contributed by atoms with Gasteiger partial charge in [-0.25, -0.2) is 13.0 Å². The number of alkyl halides is 3. The number of anilines is 1. The molecule has 2 aromatic carbocycles. The van der Waals surface area contributed by atoms with E-state index in [0.717, 1.165) is 18.2 Å². The van der Waals surface area contributed by atoms with E-state index in [4.69, 9.17) is 16.3 Å². The van der Waals surface area contributed by atoms with Crippen molar-refractivity contribution in [2.75, 3.05) is 24.3 Å². The van der Waals surface area contributed by atoms with Gasteiger partial charge in [-0.1, -0.05) is 11.6 Å². The van der Waals surface area contributed by atoms with Gasteiger partial charge in [0.2, 0.25) is 0 Å². The minimum absolute atomic E-state index is 0.00627. The molecule has 2 atom stereocenters. The number of nitrogens with zero attached hydrogens (tertiary/aromatic N) is 1. The van der Waals surface area contributed by atoms with E-state index in [0.29, 0.717) is 25.5 Å². The molecule has 1 aliphatic heterocycles. The molecule has 1 heterocycles. The largest absolute Gasteiger partial charge is 0.490 e. The molecule has 0 aromatic heterocycles. The first-order chi connectivity index (χ1) is 15.0. The Morgan fingerprint density at radius 1 is 1.25 bits per heavy atom. The van der Waals surface area contributed by atoms with E-state index in [9.17, 15) is 31.0 Å². The Bertz CT molecular complexity index is 1050. The Morgan fingerprint density at radius 2 is 1.97 bits per heavy atom. The predicted octanol–water partition coefficient (Wildman–Crippen LogP) is 4.71. The van der Waals surface area contributed by atoms with Gasteiger partial charge in [0, 0.05) is 24.6 Å². The van der Waals surface area contributed by atoms with Gasteiger partial charge in [-0.05, 0) is 37.1 Å². The van der Waals surface area contributed by atoms with Gasteiger partial charge in [0.25, 0.3) is 5.91 Å². The van der Waals surface area contributed by atoms with Crippen LogP contribution in [0.3, 0.4) is 0 Å². The second-order valence-corrected chi connectivity index (χ2v) is 8.63. The first-order valence-electron chi connectivity index (χ1n) is 9.37. The lowest BCUT2D eigenvalue weighted by atomic mass is 10.1. The average molecular weight is 497 g/mol. The molecule has 174 valence electrons. The lowest BCUT2D eigenvalue weighted by Crippen LogP contribution is -2.34. The summed E-state index contributed by atoms with van der Waals surface area (Å²) in [5.74, 6) is -3.24. The van der Waals surface area contributed by atoms with Gasteiger partial charge in [0.05, 0.1) is 22.2 Å². The molecule has 0 spiro atoms. The number of halogens is 6. The maximum atomic E-state index is 14.3. The lowest BCUT2D eigenvalue weighted by Gasteiger charge is -2.27. The third-order valence-electron chi connectivity index (χ3n) is 4.90. The second kappa shape index (κ2) is 9.62. The molecule has 0 radical (unpaired) electrons. The summed E-state index contributed by atoms with van der Waals surface area (Å²) >= 11 is 6.08. The zero-order chi connectivity index (χ0) is 23.6. The normalized spacial score (nSPS) is 17.3. The number of amides is 1. The van der Waals surface area contributed by atoms with E-state index in [1.165, 1.54) is 12.3 Å². The number of rotatable bonds is 6. The average Bonchev–Trinajstić information content (AvgIpc) is 3.15. The van der Waals surface area contributed by atoms with Crippen LogP contribution in [-0.2, 0) is 17.2 Å². The molecule has 2 unspecified atom stereocenters. The van der Waals surface area contributed by atoms with Crippen molar-refractivity contribution in [1.29, 1.82) is 0 Å². The molecule has 1 aliphatic rings. The number of nitrogens with one attached hydrogen (secondary N) is 1. The fourth-order valence-corrected chi connectivity index (χ4v) is 4.04. The predicted molar refractivity (Wildman–Crippen MR) is 110 cm³/mol. The number of carbonyl (C=O) groups is 1. The van der Waals surface area contributed by atoms with E-state index in [1.807, 2.05) is 0 Å². The Morgan fingerprint density at radius 3 is 2.59 bits per heavy atom. The van der Waals surface area contributed by atoms with Gasteiger partial charge in [0.15, 0.2) is 0 Å². The van der Waals surface area contributed by atoms with E-state index in [1.54, 1.807) is 4.90 Å². The van der Waals surface area contributed by atoms with Crippen LogP contribution in [0.25, 0.3) is 0 Å². The molecular formula is C20H18ClF5N2O3S. The minimum atomic E-state index is -4.79. The molecule has 5 nitrogen and oxygen atoms in total. The molecule has 3 rings (SSSR count). The summed E-state index contributed by atoms with van der Waals surface area (Å²) < 4.78 is 85.4. The summed E-state index contributed by atoms with van der Waals surface area (Å²) in [5, 5.41) is -0.0523. The van der Waals surface area contributed by atoms with Crippen molar-refractivity contribution in [3.8, 4) is 5.75 Å². The minimum Gasteiger partial charge on any atom is -0.490 e. The van der Waals surface area contributed by atoms with Crippen LogP contribution in [0, 0.1) is 11.6 Å². The van der Waals surface area contributed by atoms with E-state index >= 15 is 0 Å². The number of benzene rings is 2. The van der Waals surface area contributed by atoms with Crippen LogP contribution in [0.4, 0.5) is 27.6 Å². The van der Waals surface area contributed by atoms with Crippen LogP contribution in [0.5, 0.6) is 5.75 Å². The molecule has 0 bridgehead atoms. The zero-order valence-corrected chi connectivity index (χ0v) is 18.2. The first-order valence-corrected chi connectivity index (χ1v) is 11.3. The van der Waals surface area contributed by atoms with E-state index < -0.39 is 45.8 Å². The summed E-state index contributed by atoms with van der Waals surface area (Å²) in [7, 11) is -1.69. The van der Waals surface area contributed by atoms with Crippen molar-refractivity contribution < 1.29 is 35.7 Å². The highest BCUT2D eigenvalue weighted by atomic mass is 35.5. The van der Waals surface area contributed by atoms with Crippen LogP contribution in [-0.4, -0.2) is 35.6 Å². The van der Waals surface area contributed by atoms with Crippen LogP contribution in [0.2, 0.25) is 5.02 Å². The smallest absolute Gasteiger partial charge is 0.419 e. The maximum absolute atomic E-state index is 14.3. The summed E-state index contributed by atoms with van der Waals surface area (Å²) in [4.78, 5) is 13.6. The fraction of sp³-hybridized carbons (Fsp3) is 0.350. The standard InChI is InChI=1S/C20H18ClF5N2O3S/c1-32(30)27-19(29)13-8-15(21)18(9-16(13)22)31-10-12-3-2-6-28(12)11-4-5-14(17(23)7-11)20(24,25)26/h4-5,7-9,12H,2-3,6,10H2,1H3,(H,27,29). The Labute approximate surface area is 188 Å². The molecular weight excluding hydrogens is 479 g/mol. The highest BCUT2D eigenvalue weighted by molar-refractivity contribution is 7.82. The van der Waals surface area contributed by atoms with Gasteiger partial charge >= 0.3 is 6.18 Å². The topological polar surface area (TPSA) is 58.6 Å². The van der Waals surface area contributed by atoms with Crippen molar-refractivity contribution in [1.82, 2.24) is 4.72 Å². The Kier molecular flexibility index (Phi) is 7.29. The van der Waals surface area contributed by atoms with Crippen LogP contribution < -0.4 is 14.4 Å². The van der Waals surface area contributed by atoms with Crippen molar-refractivity contribution in [3.05, 3.63) is 58.1 Å². The van der Waals surface area contributed by atoms with Crippen LogP contribution >= 0.6 is 11.6 Å². The van der Waals surface area contributed by atoms with Gasteiger partial charge in [-0.3, -0.25) is 9.52 Å². The van der Waals surface area contributed by atoms with E-state index in [2.05, 4.69) is 4.72 Å². The SMILES string of the molecule is CS(=O)NC(=O)c1cc(Cl)c(OCC2CCCN2c2ccc(C(F)(F)F)c(F)c2)cc1F. The van der Waals surface area contributed by atoms with Crippen molar-refractivity contribution in [2.24, 2.45) is 0 Å². The van der Waals surface area contributed by atoms with Gasteiger partial charge in [-0.2, -0.15) is 13.2 Å². The third-order valence-corrected chi connectivity index (χ3v) is 5.67. The van der Waals surface area contributed by atoms with Crippen molar-refractivity contribution >= 4 is 34.2 Å². The molecule has 0 saturated carbocycles. The Balaban J connectivity index is 1.73. The number of carbonyl (C=O) groups excluding carboxylic acids is 1. The summed E-state index contributed by atoms with van der Waals surface area (Å²) in [6, 6.07) is 4.39. The summed E-state index contributed by atoms with van der Waals surface area (Å²) in [6.45, 7) is 0.487. The number of ether oxygens (including phenoxy) is 1. The molecule has 32 heavy (non-hydrogen) atoms. The fourth-order valence-electron chi connectivity index (χ4n) is 3.45. The van der Waals surface area contributed by atoms with Crippen LogP contribution in [0.15, 0.2) is 30.3 Å². The number of hydrogen-bond acceptors (Lipinski definition) is 4. The van der Waals surface area contributed by atoms with Crippen molar-refractivity contribution in [2.45, 2.75) is 25.1 Å². The quantitative estimate of drug-likeness (QED) is 0.589. The highest BCUT2D eigenvalue weighted by Crippen LogP contribution is 2.35. The van der Waals surface area contributed by atoms with Crippen molar-refractivity contribution in [3.63, 3.8) is 0 Å². The summed E-state index contributed by atoms with van der Waals surface area (Å²) in [5.41, 5.74) is -1.47. The molecule has 12 heteroatoms. The first kappa shape index (κ1) is 24.2. The monoisotopic (exact) mass is 496 g/mol. The highest BCUT2D eigenvalue weighted by Gasteiger charge is 2.35. The van der Waals surface area contributed by atoms with Gasteiger partial charge in [0.1, 0.15) is 35.0 Å². The second-order valence-electron chi connectivity index (χ2n) is 7.11. The van der Waals surface area contributed by atoms with Gasteiger partial charge in [-0.15, -0.1) is 0 Å². The van der Waals surface area contributed by atoms with E-state index in [-0.39, 0.29) is 29.1 Å². The Hall–Kier alpha value is -2.40. The molecule has 1 saturated heterocycles. The molecule has 1 amide bonds. The third kappa shape index (κ3) is 5.50. The molecule has 1 fully saturated rings. The molecule has 0 aliphatic carbocycles. The lowest BCUT2D eigenvalue weighted by molar-refractivity contribution is -0.139. The zero-order valence-electron chi connectivity index (χ0n) is 16.6.